The van der Waals surface area contributed by atoms with Crippen LogP contribution in [0.5, 0.6) is 0 Å². The average Bonchev–Trinajstić information content (AvgIpc) is 2.73. The molecule has 1 aromatic carbocycles. The van der Waals surface area contributed by atoms with Gasteiger partial charge in [-0.25, -0.2) is 15.8 Å². The van der Waals surface area contributed by atoms with Gasteiger partial charge < -0.3 is 9.64 Å². The lowest BCUT2D eigenvalue weighted by Crippen LogP contribution is -2.38. The summed E-state index contributed by atoms with van der Waals surface area (Å²) in [4.78, 5) is 22.8. The van der Waals surface area contributed by atoms with Crippen LogP contribution in [0.1, 0.15) is 42.5 Å². The summed E-state index contributed by atoms with van der Waals surface area (Å²) in [5.74, 6) is 6.41. The van der Waals surface area contributed by atoms with Gasteiger partial charge >= 0.3 is 0 Å². The van der Waals surface area contributed by atoms with E-state index in [9.17, 15) is 4.79 Å². The number of hydrogen-bond donors (Lipinski definition) is 2. The molecule has 1 amide bonds. The number of piperidine rings is 1. The minimum absolute atomic E-state index is 0.307. The number of amides is 1. The minimum Gasteiger partial charge on any atom is -0.378 e. The maximum absolute atomic E-state index is 11.5. The van der Waals surface area contributed by atoms with E-state index in [4.69, 9.17) is 10.6 Å². The van der Waals surface area contributed by atoms with Gasteiger partial charge in [-0.1, -0.05) is 18.6 Å². The van der Waals surface area contributed by atoms with E-state index in [0.717, 1.165) is 55.5 Å². The van der Waals surface area contributed by atoms with E-state index in [-0.39, 0.29) is 5.91 Å². The number of carbonyl (C=O) groups excluding carboxylic acids is 1. The van der Waals surface area contributed by atoms with Crippen molar-refractivity contribution in [1.82, 2.24) is 15.4 Å². The topological polar surface area (TPSA) is 93.4 Å². The number of nitrogens with zero attached hydrogens (tertiary/aromatic N) is 3. The number of hydrogen-bond acceptors (Lipinski definition) is 6. The van der Waals surface area contributed by atoms with Crippen LogP contribution >= 0.6 is 0 Å². The molecule has 0 atom stereocenters. The normalized spacial score (nSPS) is 18.0. The van der Waals surface area contributed by atoms with Crippen LogP contribution in [0.3, 0.4) is 0 Å². The Bertz CT molecular complexity index is 781. The van der Waals surface area contributed by atoms with Crippen LogP contribution < -0.4 is 16.2 Å². The lowest BCUT2D eigenvalue weighted by molar-refractivity contribution is -0.00106. The summed E-state index contributed by atoms with van der Waals surface area (Å²) in [5, 5.41) is 0. The fourth-order valence-corrected chi connectivity index (χ4v) is 3.69. The molecule has 1 aromatic heterocycles. The minimum atomic E-state index is -0.307. The SMILES string of the molecule is NNC(=O)c1ccc(-c2cnc(N3CCC(OCC4CCC4)CC3)nc2)cc1. The maximum atomic E-state index is 11.5. The second-order valence-corrected chi connectivity index (χ2v) is 7.64. The molecule has 4 rings (SSSR count). The number of hydrazine groups is 1. The summed E-state index contributed by atoms with van der Waals surface area (Å²) in [6, 6.07) is 7.21. The van der Waals surface area contributed by atoms with Crippen LogP contribution in [-0.2, 0) is 4.74 Å². The number of rotatable bonds is 6. The van der Waals surface area contributed by atoms with Crippen LogP contribution in [0.15, 0.2) is 36.7 Å². The molecule has 1 saturated heterocycles. The highest BCUT2D eigenvalue weighted by atomic mass is 16.5. The molecule has 0 bridgehead atoms. The summed E-state index contributed by atoms with van der Waals surface area (Å²) >= 11 is 0. The van der Waals surface area contributed by atoms with Gasteiger partial charge in [0.2, 0.25) is 5.95 Å². The Labute approximate surface area is 165 Å². The van der Waals surface area contributed by atoms with E-state index in [1.54, 1.807) is 12.1 Å². The Hall–Kier alpha value is -2.51. The van der Waals surface area contributed by atoms with Gasteiger partial charge in [0.15, 0.2) is 0 Å². The highest BCUT2D eigenvalue weighted by molar-refractivity contribution is 5.94. The summed E-state index contributed by atoms with van der Waals surface area (Å²) in [6.45, 7) is 2.79. The van der Waals surface area contributed by atoms with Crippen molar-refractivity contribution in [2.75, 3.05) is 24.6 Å². The number of carbonyl (C=O) groups is 1. The second-order valence-electron chi connectivity index (χ2n) is 7.64. The standard InChI is InChI=1S/C21H27N5O2/c22-25-20(27)17-6-4-16(5-7-17)18-12-23-21(24-13-18)26-10-8-19(9-11-26)28-14-15-2-1-3-15/h4-7,12-13,15,19H,1-3,8-11,14,22H2,(H,25,27). The van der Waals surface area contributed by atoms with E-state index in [0.29, 0.717) is 11.7 Å². The number of anilines is 1. The van der Waals surface area contributed by atoms with Gasteiger partial charge in [0.05, 0.1) is 6.10 Å². The first-order valence-corrected chi connectivity index (χ1v) is 10.0. The number of ether oxygens (including phenoxy) is 1. The predicted octanol–water partition coefficient (Wildman–Crippen LogP) is 2.53. The molecule has 1 aliphatic carbocycles. The lowest BCUT2D eigenvalue weighted by Gasteiger charge is -2.34. The molecule has 2 fully saturated rings. The predicted molar refractivity (Wildman–Crippen MR) is 108 cm³/mol. The molecule has 2 aliphatic rings. The van der Waals surface area contributed by atoms with Gasteiger partial charge in [-0.2, -0.15) is 0 Å². The van der Waals surface area contributed by atoms with Crippen LogP contribution in [0.25, 0.3) is 11.1 Å². The molecule has 28 heavy (non-hydrogen) atoms. The van der Waals surface area contributed by atoms with Gasteiger partial charge in [0, 0.05) is 43.2 Å². The van der Waals surface area contributed by atoms with E-state index < -0.39 is 0 Å². The summed E-state index contributed by atoms with van der Waals surface area (Å²) in [5.41, 5.74) is 4.53. The molecular formula is C21H27N5O2. The number of nitrogens with two attached hydrogens (primary N) is 1. The largest absolute Gasteiger partial charge is 0.378 e. The maximum Gasteiger partial charge on any atom is 0.265 e. The highest BCUT2D eigenvalue weighted by Crippen LogP contribution is 2.28. The number of benzene rings is 1. The monoisotopic (exact) mass is 381 g/mol. The van der Waals surface area contributed by atoms with Gasteiger partial charge in [-0.15, -0.1) is 0 Å². The number of nitrogens with one attached hydrogen (secondary N) is 1. The van der Waals surface area contributed by atoms with Crippen molar-refractivity contribution in [3.63, 3.8) is 0 Å². The molecule has 7 heteroatoms. The molecule has 2 aromatic rings. The first-order chi connectivity index (χ1) is 13.7. The van der Waals surface area contributed by atoms with E-state index in [1.165, 1.54) is 19.3 Å². The van der Waals surface area contributed by atoms with Gasteiger partial charge in [0.1, 0.15) is 0 Å². The third-order valence-corrected chi connectivity index (χ3v) is 5.77. The first kappa shape index (κ1) is 18.8. The Morgan fingerprint density at radius 1 is 1.07 bits per heavy atom. The molecule has 1 aliphatic heterocycles. The molecule has 0 radical (unpaired) electrons. The summed E-state index contributed by atoms with van der Waals surface area (Å²) < 4.78 is 6.08. The molecule has 1 saturated carbocycles. The van der Waals surface area contributed by atoms with E-state index in [2.05, 4.69) is 20.3 Å². The second kappa shape index (κ2) is 8.67. The van der Waals surface area contributed by atoms with Crippen molar-refractivity contribution in [2.45, 2.75) is 38.2 Å². The van der Waals surface area contributed by atoms with Gasteiger partial charge in [-0.3, -0.25) is 10.2 Å². The quantitative estimate of drug-likeness (QED) is 0.454. The molecule has 7 nitrogen and oxygen atoms in total. The molecule has 148 valence electrons. The highest BCUT2D eigenvalue weighted by Gasteiger charge is 2.24. The van der Waals surface area contributed by atoms with Crippen molar-refractivity contribution in [3.8, 4) is 11.1 Å². The van der Waals surface area contributed by atoms with E-state index >= 15 is 0 Å². The summed E-state index contributed by atoms with van der Waals surface area (Å²) in [6.07, 6.45) is 10.1. The Morgan fingerprint density at radius 3 is 2.32 bits per heavy atom. The van der Waals surface area contributed by atoms with Crippen molar-refractivity contribution < 1.29 is 9.53 Å². The van der Waals surface area contributed by atoms with Crippen molar-refractivity contribution in [1.29, 1.82) is 0 Å². The molecular weight excluding hydrogens is 354 g/mol. The third-order valence-electron chi connectivity index (χ3n) is 5.77. The number of aromatic nitrogens is 2. The number of nitrogen functional groups attached to an aromatic ring is 1. The molecule has 2 heterocycles. The zero-order valence-electron chi connectivity index (χ0n) is 16.0. The summed E-state index contributed by atoms with van der Waals surface area (Å²) in [7, 11) is 0. The van der Waals surface area contributed by atoms with Crippen LogP contribution in [0, 0.1) is 5.92 Å². The van der Waals surface area contributed by atoms with Gasteiger partial charge in [-0.05, 0) is 49.3 Å². The fraction of sp³-hybridized carbons (Fsp3) is 0.476. The van der Waals surface area contributed by atoms with Crippen molar-refractivity contribution >= 4 is 11.9 Å². The third kappa shape index (κ3) is 4.31. The lowest BCUT2D eigenvalue weighted by atomic mass is 9.86. The molecule has 0 spiro atoms. The molecule has 0 unspecified atom stereocenters. The zero-order chi connectivity index (χ0) is 19.3. The Balaban J connectivity index is 1.31. The Kier molecular flexibility index (Phi) is 5.83. The van der Waals surface area contributed by atoms with Crippen LogP contribution in [0.2, 0.25) is 0 Å². The average molecular weight is 381 g/mol. The molecule has 3 N–H and O–H groups in total. The van der Waals surface area contributed by atoms with Crippen molar-refractivity contribution in [2.24, 2.45) is 11.8 Å². The fourth-order valence-electron chi connectivity index (χ4n) is 3.69. The Morgan fingerprint density at radius 2 is 1.75 bits per heavy atom. The van der Waals surface area contributed by atoms with Crippen molar-refractivity contribution in [3.05, 3.63) is 42.2 Å². The zero-order valence-corrected chi connectivity index (χ0v) is 16.0. The van der Waals surface area contributed by atoms with Crippen LogP contribution in [-0.4, -0.2) is 41.7 Å². The van der Waals surface area contributed by atoms with Gasteiger partial charge in [0.25, 0.3) is 5.91 Å². The van der Waals surface area contributed by atoms with Crippen LogP contribution in [0.4, 0.5) is 5.95 Å². The smallest absolute Gasteiger partial charge is 0.265 e. The van der Waals surface area contributed by atoms with E-state index in [1.807, 2.05) is 24.5 Å². The first-order valence-electron chi connectivity index (χ1n) is 10.0.